The maximum Gasteiger partial charge on any atom is 0.416 e. The normalized spacial score (nSPS) is 11.3. The molecular weight excluding hydrogens is 391 g/mol. The monoisotopic (exact) mass is 407 g/mol. The molecule has 1 heterocycles. The van der Waals surface area contributed by atoms with E-state index in [1.54, 1.807) is 0 Å². The summed E-state index contributed by atoms with van der Waals surface area (Å²) in [7, 11) is 0. The van der Waals surface area contributed by atoms with E-state index in [0.717, 1.165) is 35.4 Å². The Labute approximate surface area is 170 Å². The number of benzene rings is 3. The molecule has 0 aliphatic heterocycles. The van der Waals surface area contributed by atoms with Crippen molar-refractivity contribution in [3.05, 3.63) is 96.1 Å². The molecule has 0 aliphatic rings. The van der Waals surface area contributed by atoms with Gasteiger partial charge in [0.1, 0.15) is 5.69 Å². The highest BCUT2D eigenvalue weighted by Crippen LogP contribution is 2.35. The Hall–Kier alpha value is -3.87. The second kappa shape index (κ2) is 7.87. The van der Waals surface area contributed by atoms with Gasteiger partial charge in [-0.25, -0.2) is 0 Å². The molecule has 0 spiro atoms. The minimum atomic E-state index is -4.46. The zero-order valence-corrected chi connectivity index (χ0v) is 15.6. The summed E-state index contributed by atoms with van der Waals surface area (Å²) in [6.45, 7) is 0. The summed E-state index contributed by atoms with van der Waals surface area (Å²) >= 11 is 0. The number of halogens is 3. The van der Waals surface area contributed by atoms with Crippen molar-refractivity contribution in [3.8, 4) is 22.5 Å². The average molecular weight is 407 g/mol. The van der Waals surface area contributed by atoms with Gasteiger partial charge in [0.25, 0.3) is 5.91 Å². The highest BCUT2D eigenvalue weighted by atomic mass is 19.4. The smallest absolute Gasteiger partial charge is 0.318 e. The van der Waals surface area contributed by atoms with Gasteiger partial charge in [-0.2, -0.15) is 18.3 Å². The van der Waals surface area contributed by atoms with Crippen molar-refractivity contribution in [2.75, 3.05) is 5.32 Å². The Balaban J connectivity index is 1.72. The van der Waals surface area contributed by atoms with Gasteiger partial charge >= 0.3 is 6.18 Å². The molecule has 4 rings (SSSR count). The van der Waals surface area contributed by atoms with Gasteiger partial charge < -0.3 is 5.32 Å². The molecule has 0 unspecified atom stereocenters. The van der Waals surface area contributed by atoms with E-state index in [0.29, 0.717) is 17.1 Å². The van der Waals surface area contributed by atoms with Gasteiger partial charge in [-0.05, 0) is 24.3 Å². The first-order chi connectivity index (χ1) is 14.4. The number of alkyl halides is 3. The summed E-state index contributed by atoms with van der Waals surface area (Å²) in [5.74, 6) is -0.528. The van der Waals surface area contributed by atoms with E-state index in [9.17, 15) is 18.0 Å². The van der Waals surface area contributed by atoms with Crippen molar-refractivity contribution in [3.63, 3.8) is 0 Å². The number of nitrogens with one attached hydrogen (secondary N) is 2. The molecule has 0 radical (unpaired) electrons. The van der Waals surface area contributed by atoms with Crippen molar-refractivity contribution in [2.24, 2.45) is 0 Å². The highest BCUT2D eigenvalue weighted by Gasteiger charge is 2.30. The van der Waals surface area contributed by atoms with Crippen LogP contribution in [0.5, 0.6) is 0 Å². The van der Waals surface area contributed by atoms with E-state index in [-0.39, 0.29) is 5.56 Å². The zero-order chi connectivity index (χ0) is 21.1. The van der Waals surface area contributed by atoms with Crippen LogP contribution in [0.15, 0.2) is 84.9 Å². The van der Waals surface area contributed by atoms with Crippen LogP contribution in [-0.2, 0) is 6.18 Å². The Bertz CT molecular complexity index is 1100. The second-order valence-electron chi connectivity index (χ2n) is 6.58. The van der Waals surface area contributed by atoms with Gasteiger partial charge in [0.2, 0.25) is 0 Å². The molecule has 4 nitrogen and oxygen atoms in total. The van der Waals surface area contributed by atoms with Crippen molar-refractivity contribution in [1.29, 1.82) is 0 Å². The predicted molar refractivity (Wildman–Crippen MR) is 109 cm³/mol. The van der Waals surface area contributed by atoms with Gasteiger partial charge in [-0.1, -0.05) is 60.7 Å². The number of aromatic nitrogens is 2. The Kier molecular flexibility index (Phi) is 5.10. The summed E-state index contributed by atoms with van der Waals surface area (Å²) < 4.78 is 38.4. The Morgan fingerprint density at radius 1 is 0.800 bits per heavy atom. The summed E-state index contributed by atoms with van der Waals surface area (Å²) in [6, 6.07) is 22.7. The lowest BCUT2D eigenvalue weighted by Gasteiger charge is -2.10. The standard InChI is InChI=1S/C23H16F3N3O/c24-23(25,26)18-13-11-17(12-14-18)22(30)27-21-19(15-7-3-1-4-8-15)28-29-20(21)16-9-5-2-6-10-16/h1-14H,(H,27,30)(H,28,29). The largest absolute Gasteiger partial charge is 0.416 e. The number of nitrogens with zero attached hydrogens (tertiary/aromatic N) is 1. The molecular formula is C23H16F3N3O. The maximum atomic E-state index is 12.8. The second-order valence-corrected chi connectivity index (χ2v) is 6.58. The van der Waals surface area contributed by atoms with E-state index in [4.69, 9.17) is 0 Å². The third kappa shape index (κ3) is 3.96. The molecule has 30 heavy (non-hydrogen) atoms. The van der Waals surface area contributed by atoms with Crippen LogP contribution >= 0.6 is 0 Å². The lowest BCUT2D eigenvalue weighted by Crippen LogP contribution is -2.13. The van der Waals surface area contributed by atoms with E-state index >= 15 is 0 Å². The lowest BCUT2D eigenvalue weighted by atomic mass is 10.1. The molecule has 3 aromatic carbocycles. The van der Waals surface area contributed by atoms with Crippen LogP contribution in [0.1, 0.15) is 15.9 Å². The van der Waals surface area contributed by atoms with Gasteiger partial charge in [-0.15, -0.1) is 0 Å². The van der Waals surface area contributed by atoms with E-state index < -0.39 is 17.6 Å². The predicted octanol–water partition coefficient (Wildman–Crippen LogP) is 6.01. The minimum absolute atomic E-state index is 0.113. The summed E-state index contributed by atoms with van der Waals surface area (Å²) in [5, 5.41) is 10.1. The lowest BCUT2D eigenvalue weighted by molar-refractivity contribution is -0.137. The molecule has 0 saturated carbocycles. The molecule has 150 valence electrons. The SMILES string of the molecule is O=C(Nc1c(-c2ccccc2)n[nH]c1-c1ccccc1)c1ccc(C(F)(F)F)cc1. The van der Waals surface area contributed by atoms with Crippen LogP contribution < -0.4 is 5.32 Å². The van der Waals surface area contributed by atoms with Gasteiger partial charge in [0, 0.05) is 16.7 Å². The maximum absolute atomic E-state index is 12.8. The molecule has 7 heteroatoms. The van der Waals surface area contributed by atoms with Crippen molar-refractivity contribution in [1.82, 2.24) is 10.2 Å². The van der Waals surface area contributed by atoms with Crippen LogP contribution in [0.2, 0.25) is 0 Å². The summed E-state index contributed by atoms with van der Waals surface area (Å²) in [4.78, 5) is 12.8. The first-order valence-corrected chi connectivity index (χ1v) is 9.11. The summed E-state index contributed by atoms with van der Waals surface area (Å²) in [6.07, 6.45) is -4.46. The van der Waals surface area contributed by atoms with Gasteiger partial charge in [-0.3, -0.25) is 9.89 Å². The number of anilines is 1. The van der Waals surface area contributed by atoms with Gasteiger partial charge in [0.15, 0.2) is 0 Å². The van der Waals surface area contributed by atoms with Crippen molar-refractivity contribution < 1.29 is 18.0 Å². The average Bonchev–Trinajstić information content (AvgIpc) is 3.18. The van der Waals surface area contributed by atoms with Gasteiger partial charge in [0.05, 0.1) is 16.9 Å². The molecule has 1 aromatic heterocycles. The number of carbonyl (C=O) groups is 1. The Morgan fingerprint density at radius 3 is 1.93 bits per heavy atom. The number of aromatic amines is 1. The number of amides is 1. The quantitative estimate of drug-likeness (QED) is 0.435. The van der Waals surface area contributed by atoms with E-state index in [1.807, 2.05) is 60.7 Å². The minimum Gasteiger partial charge on any atom is -0.318 e. The van der Waals surface area contributed by atoms with Crippen LogP contribution in [0, 0.1) is 0 Å². The number of hydrogen-bond acceptors (Lipinski definition) is 2. The van der Waals surface area contributed by atoms with E-state index in [2.05, 4.69) is 15.5 Å². The van der Waals surface area contributed by atoms with Crippen LogP contribution in [-0.4, -0.2) is 16.1 Å². The molecule has 0 fully saturated rings. The number of carbonyl (C=O) groups excluding carboxylic acids is 1. The summed E-state index contributed by atoms with van der Waals surface area (Å²) in [5.41, 5.74) is 2.51. The number of rotatable bonds is 4. The molecule has 1 amide bonds. The third-order valence-corrected chi connectivity index (χ3v) is 4.59. The molecule has 4 aromatic rings. The molecule has 2 N–H and O–H groups in total. The zero-order valence-electron chi connectivity index (χ0n) is 15.6. The van der Waals surface area contributed by atoms with Crippen LogP contribution in [0.3, 0.4) is 0 Å². The number of H-pyrrole nitrogens is 1. The Morgan fingerprint density at radius 2 is 1.37 bits per heavy atom. The highest BCUT2D eigenvalue weighted by molar-refractivity contribution is 6.08. The molecule has 0 bridgehead atoms. The number of hydrogen-bond donors (Lipinski definition) is 2. The van der Waals surface area contributed by atoms with Crippen molar-refractivity contribution >= 4 is 11.6 Å². The fourth-order valence-corrected chi connectivity index (χ4v) is 3.08. The van der Waals surface area contributed by atoms with Crippen LogP contribution in [0.25, 0.3) is 22.5 Å². The topological polar surface area (TPSA) is 57.8 Å². The fraction of sp³-hybridized carbons (Fsp3) is 0.0435. The van der Waals surface area contributed by atoms with Crippen molar-refractivity contribution in [2.45, 2.75) is 6.18 Å². The van der Waals surface area contributed by atoms with E-state index in [1.165, 1.54) is 0 Å². The molecule has 0 atom stereocenters. The first-order valence-electron chi connectivity index (χ1n) is 9.11. The molecule has 0 saturated heterocycles. The van der Waals surface area contributed by atoms with Crippen LogP contribution in [0.4, 0.5) is 18.9 Å². The first kappa shape index (κ1) is 19.4. The molecule has 0 aliphatic carbocycles. The third-order valence-electron chi connectivity index (χ3n) is 4.59. The fourth-order valence-electron chi connectivity index (χ4n) is 3.08.